The van der Waals surface area contributed by atoms with Gasteiger partial charge in [-0.25, -0.2) is 9.59 Å². The van der Waals surface area contributed by atoms with Crippen LogP contribution in [-0.4, -0.2) is 63.6 Å². The van der Waals surface area contributed by atoms with Gasteiger partial charge in [0.25, 0.3) is 5.56 Å². The number of halogens is 3. The molecule has 0 aliphatic carbocycles. The first-order chi connectivity index (χ1) is 14.7. The van der Waals surface area contributed by atoms with Crippen LogP contribution in [0.5, 0.6) is 0 Å². The maximum Gasteiger partial charge on any atom is 0.490 e. The maximum atomic E-state index is 13.1. The Hall–Kier alpha value is -3.27. The molecule has 168 valence electrons. The number of hydrogen-bond donors (Lipinski definition) is 1. The van der Waals surface area contributed by atoms with Gasteiger partial charge in [-0.05, 0) is 6.92 Å². The molecule has 2 aromatic rings. The topological polar surface area (TPSA) is 103 Å². The molecule has 0 spiro atoms. The second-order valence-corrected chi connectivity index (χ2v) is 6.77. The lowest BCUT2D eigenvalue weighted by Gasteiger charge is -2.28. The first-order valence-corrected chi connectivity index (χ1v) is 9.46. The van der Waals surface area contributed by atoms with Crippen molar-refractivity contribution in [2.45, 2.75) is 26.2 Å². The van der Waals surface area contributed by atoms with E-state index in [1.807, 2.05) is 4.90 Å². The minimum Gasteiger partial charge on any atom is -0.457 e. The molecule has 1 aliphatic rings. The Morgan fingerprint density at radius 1 is 1.23 bits per heavy atom. The summed E-state index contributed by atoms with van der Waals surface area (Å²) >= 11 is 0. The van der Waals surface area contributed by atoms with Gasteiger partial charge < -0.3 is 15.0 Å². The molecule has 2 aromatic heterocycles. The number of carbonyl (C=O) groups is 1. The van der Waals surface area contributed by atoms with E-state index in [4.69, 9.17) is 0 Å². The molecule has 13 heteroatoms. The Labute approximate surface area is 174 Å². The third-order valence-electron chi connectivity index (χ3n) is 4.81. The van der Waals surface area contributed by atoms with Crippen molar-refractivity contribution in [2.24, 2.45) is 7.05 Å². The Bertz CT molecular complexity index is 1160. The van der Waals surface area contributed by atoms with Crippen LogP contribution in [0, 0.1) is 11.8 Å². The SMILES string of the molecule is CC#CCn1c(N2CCNCC2)nc2c1c(=O)n(CCOC(=O)C(F)(F)F)c(=O)n2C. The number of imidazole rings is 1. The van der Waals surface area contributed by atoms with Gasteiger partial charge in [-0.1, -0.05) is 5.92 Å². The van der Waals surface area contributed by atoms with Crippen LogP contribution in [0.25, 0.3) is 11.2 Å². The quantitative estimate of drug-likeness (QED) is 0.489. The summed E-state index contributed by atoms with van der Waals surface area (Å²) in [5, 5.41) is 3.22. The number of nitrogens with one attached hydrogen (secondary N) is 1. The molecular formula is C18H21F3N6O4. The maximum absolute atomic E-state index is 13.1. The van der Waals surface area contributed by atoms with Crippen molar-refractivity contribution in [3.8, 4) is 11.8 Å². The number of fused-ring (bicyclic) bond motifs is 1. The number of ether oxygens (including phenoxy) is 1. The van der Waals surface area contributed by atoms with E-state index in [9.17, 15) is 27.6 Å². The van der Waals surface area contributed by atoms with Crippen LogP contribution in [0.4, 0.5) is 19.1 Å². The summed E-state index contributed by atoms with van der Waals surface area (Å²) in [6.45, 7) is 3.18. The molecule has 1 N–H and O–H groups in total. The lowest BCUT2D eigenvalue weighted by Crippen LogP contribution is -2.44. The smallest absolute Gasteiger partial charge is 0.457 e. The van der Waals surface area contributed by atoms with Crippen molar-refractivity contribution in [3.63, 3.8) is 0 Å². The summed E-state index contributed by atoms with van der Waals surface area (Å²) in [6.07, 6.45) is -5.16. The zero-order valence-corrected chi connectivity index (χ0v) is 17.0. The predicted molar refractivity (Wildman–Crippen MR) is 105 cm³/mol. The van der Waals surface area contributed by atoms with E-state index in [0.717, 1.165) is 22.2 Å². The van der Waals surface area contributed by atoms with Gasteiger partial charge >= 0.3 is 17.8 Å². The van der Waals surface area contributed by atoms with Gasteiger partial charge in [0, 0.05) is 33.2 Å². The van der Waals surface area contributed by atoms with E-state index in [2.05, 4.69) is 26.9 Å². The number of aromatic nitrogens is 4. The Morgan fingerprint density at radius 3 is 2.52 bits per heavy atom. The van der Waals surface area contributed by atoms with Crippen LogP contribution >= 0.6 is 0 Å². The number of hydrogen-bond acceptors (Lipinski definition) is 7. The van der Waals surface area contributed by atoms with E-state index in [1.54, 1.807) is 11.5 Å². The van der Waals surface area contributed by atoms with Crippen molar-refractivity contribution in [3.05, 3.63) is 20.8 Å². The number of carbonyl (C=O) groups excluding carboxylic acids is 1. The zero-order chi connectivity index (χ0) is 22.8. The summed E-state index contributed by atoms with van der Waals surface area (Å²) in [5.41, 5.74) is -1.28. The van der Waals surface area contributed by atoms with Crippen molar-refractivity contribution in [1.82, 2.24) is 24.0 Å². The van der Waals surface area contributed by atoms with E-state index >= 15 is 0 Å². The third kappa shape index (κ3) is 4.43. The van der Waals surface area contributed by atoms with Gasteiger partial charge in [-0.2, -0.15) is 18.2 Å². The van der Waals surface area contributed by atoms with Crippen molar-refractivity contribution in [1.29, 1.82) is 0 Å². The molecular weight excluding hydrogens is 421 g/mol. The van der Waals surface area contributed by atoms with Crippen LogP contribution in [-0.2, 0) is 29.7 Å². The van der Waals surface area contributed by atoms with Gasteiger partial charge in [0.2, 0.25) is 5.95 Å². The molecule has 10 nitrogen and oxygen atoms in total. The molecule has 1 fully saturated rings. The molecule has 0 radical (unpaired) electrons. The molecule has 31 heavy (non-hydrogen) atoms. The fourth-order valence-corrected chi connectivity index (χ4v) is 3.28. The molecule has 0 unspecified atom stereocenters. The first-order valence-electron chi connectivity index (χ1n) is 9.46. The van der Waals surface area contributed by atoms with Crippen LogP contribution < -0.4 is 21.5 Å². The minimum atomic E-state index is -5.16. The summed E-state index contributed by atoms with van der Waals surface area (Å²) < 4.78 is 44.5. The van der Waals surface area contributed by atoms with E-state index in [-0.39, 0.29) is 17.7 Å². The number of alkyl halides is 3. The fraction of sp³-hybridized carbons (Fsp3) is 0.556. The monoisotopic (exact) mass is 442 g/mol. The summed E-state index contributed by atoms with van der Waals surface area (Å²) in [5.74, 6) is 3.72. The minimum absolute atomic E-state index is 0.0977. The van der Waals surface area contributed by atoms with Crippen LogP contribution in [0.1, 0.15) is 6.92 Å². The third-order valence-corrected chi connectivity index (χ3v) is 4.81. The second-order valence-electron chi connectivity index (χ2n) is 6.77. The first kappa shape index (κ1) is 22.4. The molecule has 0 amide bonds. The van der Waals surface area contributed by atoms with Crippen molar-refractivity contribution >= 4 is 23.1 Å². The van der Waals surface area contributed by atoms with Gasteiger partial charge in [0.05, 0.1) is 13.1 Å². The molecule has 3 heterocycles. The highest BCUT2D eigenvalue weighted by Gasteiger charge is 2.40. The standard InChI is InChI=1S/C18H21F3N6O4/c1-3-4-7-26-12-13(23-16(26)25-8-5-22-6-9-25)24(2)17(30)27(14(12)28)10-11-31-15(29)18(19,20)21/h22H,5-11H2,1-2H3. The average Bonchev–Trinajstić information content (AvgIpc) is 3.12. The van der Waals surface area contributed by atoms with Crippen LogP contribution in [0.15, 0.2) is 9.59 Å². The molecule has 1 aliphatic heterocycles. The Balaban J connectivity index is 2.07. The average molecular weight is 442 g/mol. The number of anilines is 1. The Morgan fingerprint density at radius 2 is 1.90 bits per heavy atom. The highest BCUT2D eigenvalue weighted by Crippen LogP contribution is 2.20. The molecule has 1 saturated heterocycles. The van der Waals surface area contributed by atoms with Crippen molar-refractivity contribution < 1.29 is 22.7 Å². The number of rotatable bonds is 5. The zero-order valence-electron chi connectivity index (χ0n) is 17.0. The van der Waals surface area contributed by atoms with E-state index in [0.29, 0.717) is 19.0 Å². The second kappa shape index (κ2) is 8.84. The molecule has 0 saturated carbocycles. The van der Waals surface area contributed by atoms with Crippen LogP contribution in [0.3, 0.4) is 0 Å². The fourth-order valence-electron chi connectivity index (χ4n) is 3.28. The van der Waals surface area contributed by atoms with Gasteiger partial charge in [0.1, 0.15) is 6.61 Å². The number of esters is 1. The summed E-state index contributed by atoms with van der Waals surface area (Å²) in [7, 11) is 1.41. The van der Waals surface area contributed by atoms with E-state index < -0.39 is 36.5 Å². The normalized spacial score (nSPS) is 14.4. The van der Waals surface area contributed by atoms with Crippen molar-refractivity contribution in [2.75, 3.05) is 37.7 Å². The highest BCUT2D eigenvalue weighted by atomic mass is 19.4. The lowest BCUT2D eigenvalue weighted by molar-refractivity contribution is -0.199. The molecule has 3 rings (SSSR count). The largest absolute Gasteiger partial charge is 0.490 e. The summed E-state index contributed by atoms with van der Waals surface area (Å²) in [6, 6.07) is 0. The van der Waals surface area contributed by atoms with E-state index in [1.165, 1.54) is 7.05 Å². The van der Waals surface area contributed by atoms with Crippen LogP contribution in [0.2, 0.25) is 0 Å². The summed E-state index contributed by atoms with van der Waals surface area (Å²) in [4.78, 5) is 43.1. The van der Waals surface area contributed by atoms with Gasteiger partial charge in [-0.15, -0.1) is 5.92 Å². The van der Waals surface area contributed by atoms with Gasteiger partial charge in [0.15, 0.2) is 11.2 Å². The predicted octanol–water partition coefficient (Wildman–Crippen LogP) is -0.565. The number of piperazine rings is 1. The lowest BCUT2D eigenvalue weighted by atomic mass is 10.4. The van der Waals surface area contributed by atoms with Gasteiger partial charge in [-0.3, -0.25) is 18.5 Å². The molecule has 0 bridgehead atoms. The molecule has 0 atom stereocenters. The number of aryl methyl sites for hydroxylation is 1. The Kier molecular flexibility index (Phi) is 6.40. The highest BCUT2D eigenvalue weighted by molar-refractivity contribution is 5.76. The molecule has 0 aromatic carbocycles. The number of nitrogens with zero attached hydrogens (tertiary/aromatic N) is 5.